The van der Waals surface area contributed by atoms with Gasteiger partial charge in [-0.25, -0.2) is 4.79 Å². The number of aliphatic hydroxyl groups is 1. The molecule has 0 aromatic heterocycles. The van der Waals surface area contributed by atoms with E-state index in [1.807, 2.05) is 64.1 Å². The Morgan fingerprint density at radius 2 is 1.71 bits per heavy atom. The number of carbonyl (C=O) groups excluding carboxylic acids is 4. The van der Waals surface area contributed by atoms with Gasteiger partial charge in [0.05, 0.1) is 24.2 Å². The highest BCUT2D eigenvalue weighted by Crippen LogP contribution is 2.27. The number of aliphatic hydroxyl groups excluding tert-OH is 1. The van der Waals surface area contributed by atoms with Crippen LogP contribution in [0.15, 0.2) is 60.7 Å². The molecule has 2 aromatic rings. The number of halogens is 1. The third-order valence-corrected chi connectivity index (χ3v) is 8.56. The van der Waals surface area contributed by atoms with E-state index >= 15 is 0 Å². The molecule has 1 aliphatic rings. The smallest absolute Gasteiger partial charge is 0.328 e. The van der Waals surface area contributed by atoms with Crippen molar-refractivity contribution in [1.29, 1.82) is 0 Å². The van der Waals surface area contributed by atoms with E-state index < -0.39 is 47.3 Å². The molecule has 1 aliphatic heterocycles. The molecule has 0 aliphatic carbocycles. The second kappa shape index (κ2) is 17.5. The van der Waals surface area contributed by atoms with Gasteiger partial charge in [-0.1, -0.05) is 87.9 Å². The third-order valence-electron chi connectivity index (χ3n) is 8.26. The van der Waals surface area contributed by atoms with Gasteiger partial charge in [-0.05, 0) is 60.6 Å². The SMILES string of the molecule is COc1ccc(C[C@H]2NC(=O)/C=C/C[C@@H](C(C)/C=C/c3ccc(CO)cc3)OC(=O)[C@H](CC(C)(C)C)NC(=O)C(C)(C)CNC2=O)cc1Cl. The van der Waals surface area contributed by atoms with Crippen molar-refractivity contribution in [2.75, 3.05) is 13.7 Å². The minimum atomic E-state index is -1.11. The number of benzene rings is 2. The molecule has 0 radical (unpaired) electrons. The van der Waals surface area contributed by atoms with Crippen LogP contribution in [0.5, 0.6) is 5.75 Å². The van der Waals surface area contributed by atoms with Crippen LogP contribution in [-0.2, 0) is 36.9 Å². The van der Waals surface area contributed by atoms with Crippen LogP contribution in [0.4, 0.5) is 0 Å². The van der Waals surface area contributed by atoms with Gasteiger partial charge in [-0.3, -0.25) is 14.4 Å². The molecular formula is C38H50ClN3O7. The van der Waals surface area contributed by atoms with E-state index in [1.165, 1.54) is 13.2 Å². The van der Waals surface area contributed by atoms with Gasteiger partial charge in [0.1, 0.15) is 23.9 Å². The minimum absolute atomic E-state index is 0.0513. The zero-order chi connectivity index (χ0) is 36.4. The van der Waals surface area contributed by atoms with Crippen LogP contribution in [0.25, 0.3) is 6.08 Å². The molecule has 4 N–H and O–H groups in total. The van der Waals surface area contributed by atoms with E-state index in [0.29, 0.717) is 22.8 Å². The Bertz CT molecular complexity index is 1530. The number of rotatable bonds is 8. The summed E-state index contributed by atoms with van der Waals surface area (Å²) in [5.74, 6) is -1.79. The molecule has 0 spiro atoms. The molecule has 0 saturated heterocycles. The molecule has 3 rings (SSSR count). The molecule has 49 heavy (non-hydrogen) atoms. The lowest BCUT2D eigenvalue weighted by Gasteiger charge is -2.32. The average molecular weight is 696 g/mol. The number of hydrogen-bond donors (Lipinski definition) is 4. The first-order valence-corrected chi connectivity index (χ1v) is 16.9. The third kappa shape index (κ3) is 12.4. The largest absolute Gasteiger partial charge is 0.495 e. The predicted octanol–water partition coefficient (Wildman–Crippen LogP) is 5.15. The highest BCUT2D eigenvalue weighted by molar-refractivity contribution is 6.32. The fourth-order valence-electron chi connectivity index (χ4n) is 5.20. The van der Waals surface area contributed by atoms with Crippen LogP contribution in [0.1, 0.15) is 71.1 Å². The van der Waals surface area contributed by atoms with E-state index in [1.54, 1.807) is 38.1 Å². The molecular weight excluding hydrogens is 646 g/mol. The molecule has 1 heterocycles. The molecule has 266 valence electrons. The van der Waals surface area contributed by atoms with Gasteiger partial charge in [-0.15, -0.1) is 0 Å². The van der Waals surface area contributed by atoms with Gasteiger partial charge in [0, 0.05) is 25.3 Å². The van der Waals surface area contributed by atoms with Crippen LogP contribution < -0.4 is 20.7 Å². The van der Waals surface area contributed by atoms with Crippen LogP contribution in [0.2, 0.25) is 5.02 Å². The standard InChI is InChI=1S/C38H50ClN3O7/c1-24(11-12-25-13-15-26(22-43)16-14-25)31-9-8-10-33(44)41-29(20-27-17-18-32(48-7)28(39)19-27)34(45)40-23-38(5,6)36(47)42-30(35(46)49-31)21-37(2,3)4/h8,10-19,24,29-31,43H,9,20-23H2,1-7H3,(H,40,45)(H,41,44)(H,42,47)/b10-8+,12-11+/t24?,29-,30+,31+/m1/s1. The number of ether oxygens (including phenoxy) is 2. The molecule has 11 heteroatoms. The van der Waals surface area contributed by atoms with Gasteiger partial charge >= 0.3 is 5.97 Å². The highest BCUT2D eigenvalue weighted by atomic mass is 35.5. The topological polar surface area (TPSA) is 143 Å². The first kappa shape index (κ1) is 39.3. The summed E-state index contributed by atoms with van der Waals surface area (Å²) in [6.07, 6.45) is 6.73. The fourth-order valence-corrected chi connectivity index (χ4v) is 5.48. The maximum absolute atomic E-state index is 13.7. The summed E-state index contributed by atoms with van der Waals surface area (Å²) in [6.45, 7) is 11.1. The van der Waals surface area contributed by atoms with Crippen LogP contribution in [-0.4, -0.2) is 60.6 Å². The number of methoxy groups -OCH3 is 1. The van der Waals surface area contributed by atoms with Crippen molar-refractivity contribution >= 4 is 41.4 Å². The Balaban J connectivity index is 1.95. The number of nitrogens with one attached hydrogen (secondary N) is 3. The zero-order valence-corrected chi connectivity index (χ0v) is 30.2. The normalized spacial score (nSPS) is 22.4. The Labute approximate surface area is 294 Å². The molecule has 0 saturated carbocycles. The van der Waals surface area contributed by atoms with Crippen molar-refractivity contribution in [3.63, 3.8) is 0 Å². The monoisotopic (exact) mass is 695 g/mol. The van der Waals surface area contributed by atoms with Gasteiger partial charge in [-0.2, -0.15) is 0 Å². The summed E-state index contributed by atoms with van der Waals surface area (Å²) in [6, 6.07) is 10.6. The Morgan fingerprint density at radius 3 is 2.33 bits per heavy atom. The van der Waals surface area contributed by atoms with Crippen molar-refractivity contribution in [3.8, 4) is 5.75 Å². The number of amides is 3. The summed E-state index contributed by atoms with van der Waals surface area (Å²) in [5.41, 5.74) is 0.962. The summed E-state index contributed by atoms with van der Waals surface area (Å²) in [4.78, 5) is 54.0. The fraction of sp³-hybridized carbons (Fsp3) is 0.474. The minimum Gasteiger partial charge on any atom is -0.495 e. The molecule has 2 aromatic carbocycles. The predicted molar refractivity (Wildman–Crippen MR) is 191 cm³/mol. The Morgan fingerprint density at radius 1 is 1.04 bits per heavy atom. The zero-order valence-electron chi connectivity index (χ0n) is 29.5. The number of carbonyl (C=O) groups is 4. The van der Waals surface area contributed by atoms with Crippen molar-refractivity contribution in [3.05, 3.63) is 82.4 Å². The van der Waals surface area contributed by atoms with Crippen LogP contribution in [0, 0.1) is 16.7 Å². The van der Waals surface area contributed by atoms with Gasteiger partial charge in [0.25, 0.3) is 0 Å². The lowest BCUT2D eigenvalue weighted by atomic mass is 9.86. The van der Waals surface area contributed by atoms with Crippen LogP contribution in [0.3, 0.4) is 0 Å². The summed E-state index contributed by atoms with van der Waals surface area (Å²) < 4.78 is 11.3. The quantitative estimate of drug-likeness (QED) is 0.280. The van der Waals surface area contributed by atoms with Gasteiger partial charge < -0.3 is 30.5 Å². The number of cyclic esters (lactones) is 1. The first-order valence-electron chi connectivity index (χ1n) is 16.5. The first-order chi connectivity index (χ1) is 23.0. The van der Waals surface area contributed by atoms with Crippen molar-refractivity contribution < 1.29 is 33.8 Å². The van der Waals surface area contributed by atoms with Gasteiger partial charge in [0.2, 0.25) is 17.7 Å². The summed E-state index contributed by atoms with van der Waals surface area (Å²) in [7, 11) is 1.51. The summed E-state index contributed by atoms with van der Waals surface area (Å²) in [5, 5.41) is 18.2. The van der Waals surface area contributed by atoms with Crippen molar-refractivity contribution in [1.82, 2.24) is 16.0 Å². The van der Waals surface area contributed by atoms with Crippen LogP contribution >= 0.6 is 11.6 Å². The lowest BCUT2D eigenvalue weighted by molar-refractivity contribution is -0.156. The average Bonchev–Trinajstić information content (AvgIpc) is 3.04. The highest BCUT2D eigenvalue weighted by Gasteiger charge is 2.36. The summed E-state index contributed by atoms with van der Waals surface area (Å²) >= 11 is 6.33. The molecule has 0 fully saturated rings. The van der Waals surface area contributed by atoms with Crippen molar-refractivity contribution in [2.45, 2.75) is 85.6 Å². The van der Waals surface area contributed by atoms with E-state index in [2.05, 4.69) is 16.0 Å². The van der Waals surface area contributed by atoms with E-state index in [0.717, 1.165) is 11.1 Å². The van der Waals surface area contributed by atoms with Crippen molar-refractivity contribution in [2.24, 2.45) is 16.7 Å². The number of hydrogen-bond acceptors (Lipinski definition) is 7. The maximum atomic E-state index is 13.7. The Kier molecular flexibility index (Phi) is 14.0. The molecule has 10 nitrogen and oxygen atoms in total. The molecule has 1 unspecified atom stereocenters. The molecule has 3 amide bonds. The second-order valence-electron chi connectivity index (χ2n) is 14.4. The Hall–Kier alpha value is -4.15. The van der Waals surface area contributed by atoms with E-state index in [-0.39, 0.29) is 37.3 Å². The molecule has 4 atom stereocenters. The van der Waals surface area contributed by atoms with Gasteiger partial charge in [0.15, 0.2) is 0 Å². The lowest BCUT2D eigenvalue weighted by Crippen LogP contribution is -2.54. The second-order valence-corrected chi connectivity index (χ2v) is 14.8. The van der Waals surface area contributed by atoms with E-state index in [9.17, 15) is 24.3 Å². The maximum Gasteiger partial charge on any atom is 0.328 e. The molecule has 0 bridgehead atoms. The van der Waals surface area contributed by atoms with E-state index in [4.69, 9.17) is 21.1 Å². The number of esters is 1.